The number of urea groups is 1. The lowest BCUT2D eigenvalue weighted by Crippen LogP contribution is -2.52. The summed E-state index contributed by atoms with van der Waals surface area (Å²) in [5.41, 5.74) is 1.88. The number of ether oxygens (including phenoxy) is 1. The van der Waals surface area contributed by atoms with Crippen LogP contribution in [0.5, 0.6) is 0 Å². The summed E-state index contributed by atoms with van der Waals surface area (Å²) >= 11 is 1.11. The van der Waals surface area contributed by atoms with Gasteiger partial charge in [-0.15, -0.1) is 0 Å². The lowest BCUT2D eigenvalue weighted by atomic mass is 10.0. The van der Waals surface area contributed by atoms with Crippen LogP contribution < -0.4 is 5.32 Å². The number of carboxylic acid groups (broad SMARTS) is 1. The summed E-state index contributed by atoms with van der Waals surface area (Å²) < 4.78 is 32.7. The Kier molecular flexibility index (Phi) is 6.92. The number of hydrogen-bond acceptors (Lipinski definition) is 7. The third kappa shape index (κ3) is 5.00. The summed E-state index contributed by atoms with van der Waals surface area (Å²) in [6, 6.07) is 10.8. The number of benzene rings is 1. The predicted octanol–water partition coefficient (Wildman–Crippen LogP) is 4.58. The summed E-state index contributed by atoms with van der Waals surface area (Å²) in [6.07, 6.45) is -4.25. The molecular weight excluding hydrogens is 518 g/mol. The van der Waals surface area contributed by atoms with Crippen molar-refractivity contribution < 1.29 is 28.2 Å². The number of thiazole rings is 1. The highest BCUT2D eigenvalue weighted by molar-refractivity contribution is 7.19. The fourth-order valence-electron chi connectivity index (χ4n) is 4.70. The van der Waals surface area contributed by atoms with Gasteiger partial charge in [0.15, 0.2) is 5.13 Å². The number of nitrogens with zero attached hydrogens (tertiary/aromatic N) is 5. The zero-order valence-corrected chi connectivity index (χ0v) is 20.9. The zero-order chi connectivity index (χ0) is 27.0. The summed E-state index contributed by atoms with van der Waals surface area (Å²) in [7, 11) is 0. The molecule has 10 nitrogen and oxygen atoms in total. The van der Waals surface area contributed by atoms with Gasteiger partial charge in [-0.05, 0) is 36.8 Å². The van der Waals surface area contributed by atoms with Gasteiger partial charge in [0, 0.05) is 24.3 Å². The van der Waals surface area contributed by atoms with Gasteiger partial charge >= 0.3 is 12.1 Å². The molecular formula is C25H22F2N6O4S. The minimum Gasteiger partial charge on any atom is -0.465 e. The summed E-state index contributed by atoms with van der Waals surface area (Å²) in [5.74, 6) is 0. The van der Waals surface area contributed by atoms with Crippen molar-refractivity contribution >= 4 is 28.6 Å². The van der Waals surface area contributed by atoms with E-state index in [0.717, 1.165) is 11.3 Å². The molecule has 3 aromatic rings. The quantitative estimate of drug-likeness (QED) is 0.495. The van der Waals surface area contributed by atoms with Crippen molar-refractivity contribution in [2.24, 2.45) is 0 Å². The van der Waals surface area contributed by atoms with Crippen LogP contribution in [0.15, 0.2) is 36.4 Å². The Labute approximate surface area is 220 Å². The van der Waals surface area contributed by atoms with Crippen molar-refractivity contribution in [3.63, 3.8) is 0 Å². The highest BCUT2D eigenvalue weighted by Gasteiger charge is 2.44. The number of morpholine rings is 1. The molecule has 0 spiro atoms. The molecule has 2 aliphatic heterocycles. The van der Waals surface area contributed by atoms with Crippen molar-refractivity contribution in [1.82, 2.24) is 19.8 Å². The number of nitriles is 1. The van der Waals surface area contributed by atoms with E-state index in [1.54, 1.807) is 37.3 Å². The molecule has 2 atom stereocenters. The first-order chi connectivity index (χ1) is 18.2. The van der Waals surface area contributed by atoms with Crippen molar-refractivity contribution in [1.29, 1.82) is 5.26 Å². The van der Waals surface area contributed by atoms with Crippen LogP contribution in [0, 0.1) is 18.3 Å². The molecule has 2 saturated heterocycles. The van der Waals surface area contributed by atoms with E-state index in [4.69, 9.17) is 4.74 Å². The zero-order valence-electron chi connectivity index (χ0n) is 20.1. The third-order valence-electron chi connectivity index (χ3n) is 6.40. The molecule has 2 aliphatic rings. The van der Waals surface area contributed by atoms with Gasteiger partial charge in [-0.3, -0.25) is 15.2 Å². The Morgan fingerprint density at radius 3 is 2.79 bits per heavy atom. The second-order valence-electron chi connectivity index (χ2n) is 8.90. The van der Waals surface area contributed by atoms with Gasteiger partial charge < -0.3 is 14.7 Å². The first kappa shape index (κ1) is 25.5. The van der Waals surface area contributed by atoms with Crippen LogP contribution in [0.2, 0.25) is 0 Å². The fourth-order valence-corrected chi connectivity index (χ4v) is 5.66. The van der Waals surface area contributed by atoms with Crippen molar-refractivity contribution in [2.45, 2.75) is 25.5 Å². The van der Waals surface area contributed by atoms with Crippen LogP contribution in [0.1, 0.15) is 23.4 Å². The normalized spacial score (nSPS) is 18.8. The number of fused-ring (bicyclic) bond motifs is 1. The summed E-state index contributed by atoms with van der Waals surface area (Å²) in [6.45, 7) is 2.50. The van der Waals surface area contributed by atoms with Crippen molar-refractivity contribution in [2.75, 3.05) is 31.6 Å². The van der Waals surface area contributed by atoms with Crippen LogP contribution in [-0.2, 0) is 4.74 Å². The van der Waals surface area contributed by atoms with Gasteiger partial charge in [-0.25, -0.2) is 23.4 Å². The van der Waals surface area contributed by atoms with Crippen LogP contribution in [0.3, 0.4) is 0 Å². The predicted molar refractivity (Wildman–Crippen MR) is 134 cm³/mol. The molecule has 2 fully saturated rings. The molecule has 0 bridgehead atoms. The number of pyridine rings is 1. The molecule has 0 unspecified atom stereocenters. The number of halogens is 2. The number of nitrogens with one attached hydrogen (secondary N) is 1. The number of aryl methyl sites for hydroxylation is 1. The van der Waals surface area contributed by atoms with Gasteiger partial charge in [0.25, 0.3) is 6.43 Å². The number of aromatic nitrogens is 2. The molecule has 2 N–H and O–H groups in total. The largest absolute Gasteiger partial charge is 0.465 e. The van der Waals surface area contributed by atoms with Crippen LogP contribution in [-0.4, -0.2) is 75.4 Å². The van der Waals surface area contributed by atoms with E-state index in [1.165, 1.54) is 15.9 Å². The number of likely N-dealkylation sites (tertiary alicyclic amines) is 1. The first-order valence-electron chi connectivity index (χ1n) is 11.7. The number of amides is 3. The molecule has 13 heteroatoms. The smallest absolute Gasteiger partial charge is 0.407 e. The number of rotatable bonds is 4. The maximum atomic E-state index is 13.5. The highest BCUT2D eigenvalue weighted by Crippen LogP contribution is 2.40. The minimum atomic E-state index is -2.77. The second kappa shape index (κ2) is 10.3. The van der Waals surface area contributed by atoms with E-state index < -0.39 is 30.7 Å². The molecule has 196 valence electrons. The average Bonchev–Trinajstić information content (AvgIpc) is 3.53. The van der Waals surface area contributed by atoms with E-state index in [1.807, 2.05) is 0 Å². The highest BCUT2D eigenvalue weighted by atomic mass is 32.1. The lowest BCUT2D eigenvalue weighted by molar-refractivity contribution is -0.0381. The standard InChI is InChI=1S/C25H22F2N6O4S/c1-13-7-16(9-17(29-13)22(26)27)21-20(15-4-2-3-14(8-15)10-28)30-23(38-21)31-24(34)32-11-18-19(12-32)37-6-5-33(18)25(35)36/h2-4,7-9,18-19,22H,5-6,11-12H2,1H3,(H,35,36)(H,30,31,34)/t18-,19+/m0/s1. The molecule has 1 aromatic carbocycles. The lowest BCUT2D eigenvalue weighted by Gasteiger charge is -2.34. The monoisotopic (exact) mass is 540 g/mol. The first-order valence-corrected chi connectivity index (χ1v) is 12.5. The Morgan fingerprint density at radius 2 is 2.05 bits per heavy atom. The maximum Gasteiger partial charge on any atom is 0.407 e. The summed E-state index contributed by atoms with van der Waals surface area (Å²) in [4.78, 5) is 36.5. The molecule has 2 aromatic heterocycles. The average molecular weight is 541 g/mol. The van der Waals surface area contributed by atoms with Gasteiger partial charge in [0.1, 0.15) is 5.69 Å². The summed E-state index contributed by atoms with van der Waals surface area (Å²) in [5, 5.41) is 21.8. The second-order valence-corrected chi connectivity index (χ2v) is 9.90. The molecule has 0 aliphatic carbocycles. The van der Waals surface area contributed by atoms with E-state index in [-0.39, 0.29) is 37.1 Å². The minimum absolute atomic E-state index is 0.166. The van der Waals surface area contributed by atoms with Gasteiger partial charge in [0.05, 0.1) is 47.5 Å². The number of anilines is 1. The van der Waals surface area contributed by atoms with Gasteiger partial charge in [-0.1, -0.05) is 23.5 Å². The van der Waals surface area contributed by atoms with E-state index in [0.29, 0.717) is 33.0 Å². The van der Waals surface area contributed by atoms with E-state index in [2.05, 4.69) is 21.4 Å². The molecule has 38 heavy (non-hydrogen) atoms. The number of carbonyl (C=O) groups excluding carboxylic acids is 1. The molecule has 0 radical (unpaired) electrons. The Hall–Kier alpha value is -4.15. The maximum absolute atomic E-state index is 13.5. The molecule has 3 amide bonds. The number of alkyl halides is 2. The van der Waals surface area contributed by atoms with E-state index in [9.17, 15) is 28.7 Å². The third-order valence-corrected chi connectivity index (χ3v) is 7.42. The Balaban J connectivity index is 1.47. The van der Waals surface area contributed by atoms with Crippen LogP contribution in [0.4, 0.5) is 23.5 Å². The van der Waals surface area contributed by atoms with Crippen LogP contribution >= 0.6 is 11.3 Å². The van der Waals surface area contributed by atoms with Crippen molar-refractivity contribution in [3.8, 4) is 27.8 Å². The SMILES string of the molecule is Cc1cc(-c2sc(NC(=O)N3C[C@H]4OCCN(C(=O)O)[C@H]4C3)nc2-c2cccc(C#N)c2)cc(C(F)F)n1. The fraction of sp³-hybridized carbons (Fsp3) is 0.320. The van der Waals surface area contributed by atoms with E-state index >= 15 is 0 Å². The molecule has 0 saturated carbocycles. The Bertz CT molecular complexity index is 1440. The topological polar surface area (TPSA) is 132 Å². The number of hydrogen-bond donors (Lipinski definition) is 2. The van der Waals surface area contributed by atoms with Crippen LogP contribution in [0.25, 0.3) is 21.7 Å². The van der Waals surface area contributed by atoms with Crippen molar-refractivity contribution in [3.05, 3.63) is 53.3 Å². The number of carbonyl (C=O) groups is 2. The molecule has 5 rings (SSSR count). The van der Waals surface area contributed by atoms with Gasteiger partial charge in [-0.2, -0.15) is 5.26 Å². The molecule has 4 heterocycles. The Morgan fingerprint density at radius 1 is 1.24 bits per heavy atom. The van der Waals surface area contributed by atoms with Gasteiger partial charge in [0.2, 0.25) is 0 Å².